The lowest BCUT2D eigenvalue weighted by Crippen LogP contribution is -2.44. The number of aliphatic hydroxyl groups excluding tert-OH is 1. The van der Waals surface area contributed by atoms with Crippen LogP contribution in [0.5, 0.6) is 0 Å². The highest BCUT2D eigenvalue weighted by atomic mass is 32.1. The third-order valence-electron chi connectivity index (χ3n) is 4.06. The van der Waals surface area contributed by atoms with Crippen molar-refractivity contribution in [3.05, 3.63) is 23.3 Å². The summed E-state index contributed by atoms with van der Waals surface area (Å²) < 4.78 is 0.939. The first-order chi connectivity index (χ1) is 10.2. The first kappa shape index (κ1) is 14.3. The Morgan fingerprint density at radius 1 is 1.52 bits per heavy atom. The predicted molar refractivity (Wildman–Crippen MR) is 84.4 cm³/mol. The van der Waals surface area contributed by atoms with Gasteiger partial charge in [0.15, 0.2) is 0 Å². The Labute approximate surface area is 127 Å². The van der Waals surface area contributed by atoms with Crippen LogP contribution in [0, 0.1) is 0 Å². The van der Waals surface area contributed by atoms with Gasteiger partial charge in [0.05, 0.1) is 10.4 Å². The lowest BCUT2D eigenvalue weighted by atomic mass is 9.91. The first-order valence-electron chi connectivity index (χ1n) is 7.26. The maximum absolute atomic E-state index is 12.8. The van der Waals surface area contributed by atoms with Gasteiger partial charge in [-0.05, 0) is 31.7 Å². The van der Waals surface area contributed by atoms with Crippen LogP contribution in [0.15, 0.2) is 18.5 Å². The van der Waals surface area contributed by atoms with Crippen LogP contribution in [0.1, 0.15) is 35.4 Å². The van der Waals surface area contributed by atoms with Gasteiger partial charge >= 0.3 is 0 Å². The summed E-state index contributed by atoms with van der Waals surface area (Å²) in [6, 6.07) is 2.14. The fraction of sp³-hybridized carbons (Fsp3) is 0.467. The van der Waals surface area contributed by atoms with Gasteiger partial charge in [0.1, 0.15) is 4.88 Å². The minimum Gasteiger partial charge on any atom is -0.397 e. The molecule has 112 valence electrons. The Morgan fingerprint density at radius 3 is 2.95 bits per heavy atom. The van der Waals surface area contributed by atoms with E-state index in [2.05, 4.69) is 4.98 Å². The van der Waals surface area contributed by atoms with E-state index in [-0.39, 0.29) is 12.5 Å². The molecule has 0 aromatic carbocycles. The van der Waals surface area contributed by atoms with Gasteiger partial charge in [-0.3, -0.25) is 9.78 Å². The summed E-state index contributed by atoms with van der Waals surface area (Å²) in [5.41, 5.74) is 6.70. The van der Waals surface area contributed by atoms with E-state index >= 15 is 0 Å². The summed E-state index contributed by atoms with van der Waals surface area (Å²) in [5.74, 6) is -0.00755. The number of hydrogen-bond donors (Lipinski definition) is 2. The maximum atomic E-state index is 12.8. The standard InChI is InChI=1S/C15H19N3O2S/c16-13-11-5-6-17-9-12(11)21-14(13)15(20)18(7-2-8-19)10-3-1-4-10/h5-6,9-10,19H,1-4,7-8,16H2. The minimum absolute atomic E-state index is 0.00755. The van der Waals surface area contributed by atoms with Crippen LogP contribution in [-0.2, 0) is 0 Å². The molecule has 1 amide bonds. The normalized spacial score (nSPS) is 15.1. The summed E-state index contributed by atoms with van der Waals surface area (Å²) >= 11 is 1.40. The second-order valence-electron chi connectivity index (χ2n) is 5.38. The van der Waals surface area contributed by atoms with Gasteiger partial charge < -0.3 is 15.7 Å². The number of rotatable bonds is 5. The van der Waals surface area contributed by atoms with Gasteiger partial charge in [0.2, 0.25) is 0 Å². The molecule has 2 aromatic rings. The van der Waals surface area contributed by atoms with Gasteiger partial charge in [0, 0.05) is 37.0 Å². The number of aliphatic hydroxyl groups is 1. The molecule has 0 atom stereocenters. The van der Waals surface area contributed by atoms with Crippen molar-refractivity contribution < 1.29 is 9.90 Å². The van der Waals surface area contributed by atoms with Crippen LogP contribution in [0.3, 0.4) is 0 Å². The van der Waals surface area contributed by atoms with E-state index in [1.165, 1.54) is 17.8 Å². The van der Waals surface area contributed by atoms with Crippen LogP contribution in [-0.4, -0.2) is 40.1 Å². The van der Waals surface area contributed by atoms with Crippen LogP contribution in [0.2, 0.25) is 0 Å². The van der Waals surface area contributed by atoms with Crippen molar-refractivity contribution in [2.45, 2.75) is 31.7 Å². The molecule has 1 aliphatic carbocycles. The number of fused-ring (bicyclic) bond motifs is 1. The number of nitrogens with two attached hydrogens (primary N) is 1. The molecular formula is C15H19N3O2S. The van der Waals surface area contributed by atoms with E-state index in [1.54, 1.807) is 12.4 Å². The van der Waals surface area contributed by atoms with Gasteiger partial charge in [-0.25, -0.2) is 0 Å². The summed E-state index contributed by atoms with van der Waals surface area (Å²) in [6.45, 7) is 0.689. The second-order valence-corrected chi connectivity index (χ2v) is 6.43. The second kappa shape index (κ2) is 5.99. The Kier molecular flexibility index (Phi) is 4.07. The van der Waals surface area contributed by atoms with Crippen molar-refractivity contribution in [1.29, 1.82) is 0 Å². The van der Waals surface area contributed by atoms with E-state index in [0.717, 1.165) is 22.9 Å². The molecule has 5 nitrogen and oxygen atoms in total. The van der Waals surface area contributed by atoms with Crippen LogP contribution >= 0.6 is 11.3 Å². The summed E-state index contributed by atoms with van der Waals surface area (Å²) in [6.07, 6.45) is 7.30. The highest BCUT2D eigenvalue weighted by molar-refractivity contribution is 7.21. The van der Waals surface area contributed by atoms with Crippen molar-refractivity contribution in [3.63, 3.8) is 0 Å². The van der Waals surface area contributed by atoms with E-state index < -0.39 is 0 Å². The number of anilines is 1. The number of pyridine rings is 1. The number of nitrogen functional groups attached to an aromatic ring is 1. The molecule has 0 saturated heterocycles. The highest BCUT2D eigenvalue weighted by Crippen LogP contribution is 2.35. The van der Waals surface area contributed by atoms with E-state index in [9.17, 15) is 4.79 Å². The zero-order valence-corrected chi connectivity index (χ0v) is 12.6. The smallest absolute Gasteiger partial charge is 0.266 e. The molecule has 6 heteroatoms. The van der Waals surface area contributed by atoms with Crippen molar-refractivity contribution in [1.82, 2.24) is 9.88 Å². The summed E-state index contributed by atoms with van der Waals surface area (Å²) in [7, 11) is 0. The first-order valence-corrected chi connectivity index (χ1v) is 8.08. The SMILES string of the molecule is Nc1c(C(=O)N(CCCO)C2CCC2)sc2cnccc12. The molecule has 0 unspecified atom stereocenters. The Bertz CT molecular complexity index is 651. The topological polar surface area (TPSA) is 79.5 Å². The summed E-state index contributed by atoms with van der Waals surface area (Å²) in [5, 5.41) is 9.94. The van der Waals surface area contributed by atoms with E-state index in [1.807, 2.05) is 11.0 Å². The summed E-state index contributed by atoms with van der Waals surface area (Å²) in [4.78, 5) is 19.4. The number of carbonyl (C=O) groups is 1. The fourth-order valence-electron chi connectivity index (χ4n) is 2.65. The quantitative estimate of drug-likeness (QED) is 0.888. The molecule has 2 heterocycles. The number of aromatic nitrogens is 1. The third kappa shape index (κ3) is 2.61. The third-order valence-corrected chi connectivity index (χ3v) is 5.20. The largest absolute Gasteiger partial charge is 0.397 e. The molecule has 0 bridgehead atoms. The highest BCUT2D eigenvalue weighted by Gasteiger charge is 2.31. The number of thiophene rings is 1. The zero-order valence-electron chi connectivity index (χ0n) is 11.8. The van der Waals surface area contributed by atoms with E-state index in [4.69, 9.17) is 10.8 Å². The molecule has 3 rings (SSSR count). The number of hydrogen-bond acceptors (Lipinski definition) is 5. The van der Waals surface area contributed by atoms with Crippen LogP contribution in [0.25, 0.3) is 10.1 Å². The predicted octanol–water partition coefficient (Wildman–Crippen LogP) is 2.26. The Balaban J connectivity index is 1.91. The van der Waals surface area contributed by atoms with Crippen molar-refractivity contribution in [2.24, 2.45) is 0 Å². The number of nitrogens with zero attached hydrogens (tertiary/aromatic N) is 2. The Morgan fingerprint density at radius 2 is 2.33 bits per heavy atom. The van der Waals surface area contributed by atoms with Gasteiger partial charge in [0.25, 0.3) is 5.91 Å². The Hall–Kier alpha value is -1.66. The maximum Gasteiger partial charge on any atom is 0.266 e. The van der Waals surface area contributed by atoms with Crippen LogP contribution < -0.4 is 5.73 Å². The van der Waals surface area contributed by atoms with Gasteiger partial charge in [-0.2, -0.15) is 0 Å². The molecule has 0 aliphatic heterocycles. The number of amides is 1. The van der Waals surface area contributed by atoms with Gasteiger partial charge in [-0.1, -0.05) is 0 Å². The molecule has 1 aliphatic rings. The molecule has 21 heavy (non-hydrogen) atoms. The number of carbonyl (C=O) groups excluding carboxylic acids is 1. The molecule has 1 saturated carbocycles. The average Bonchev–Trinajstić information content (AvgIpc) is 2.78. The van der Waals surface area contributed by atoms with Crippen molar-refractivity contribution in [2.75, 3.05) is 18.9 Å². The van der Waals surface area contributed by atoms with Crippen molar-refractivity contribution >= 4 is 33.0 Å². The molecule has 0 spiro atoms. The van der Waals surface area contributed by atoms with E-state index in [0.29, 0.717) is 29.6 Å². The molecule has 2 aromatic heterocycles. The van der Waals surface area contributed by atoms with Crippen molar-refractivity contribution in [3.8, 4) is 0 Å². The lowest BCUT2D eigenvalue weighted by Gasteiger charge is -2.37. The zero-order chi connectivity index (χ0) is 14.8. The average molecular weight is 305 g/mol. The van der Waals surface area contributed by atoms with Gasteiger partial charge in [-0.15, -0.1) is 11.3 Å². The van der Waals surface area contributed by atoms with Crippen LogP contribution in [0.4, 0.5) is 5.69 Å². The monoisotopic (exact) mass is 305 g/mol. The lowest BCUT2D eigenvalue weighted by molar-refractivity contribution is 0.0568. The molecule has 3 N–H and O–H groups in total. The molecule has 0 radical (unpaired) electrons. The molecule has 1 fully saturated rings. The molecular weight excluding hydrogens is 286 g/mol. The minimum atomic E-state index is -0.00755. The fourth-order valence-corrected chi connectivity index (χ4v) is 3.70.